The lowest BCUT2D eigenvalue weighted by atomic mass is 10.0. The Balaban J connectivity index is 2.47. The first kappa shape index (κ1) is 17.0. The Morgan fingerprint density at radius 3 is 2.67 bits per heavy atom. The van der Waals surface area contributed by atoms with Crippen LogP contribution in [0, 0.1) is 12.8 Å². The summed E-state index contributed by atoms with van der Waals surface area (Å²) in [5.41, 5.74) is 1.52. The van der Waals surface area contributed by atoms with Gasteiger partial charge >= 0.3 is 5.97 Å². The van der Waals surface area contributed by atoms with E-state index in [0.717, 1.165) is 12.0 Å². The van der Waals surface area contributed by atoms with Gasteiger partial charge < -0.3 is 15.2 Å². The largest absolute Gasteiger partial charge is 0.496 e. The van der Waals surface area contributed by atoms with Gasteiger partial charge in [0.05, 0.1) is 12.7 Å². The number of aliphatic carboxylic acids is 1. The van der Waals surface area contributed by atoms with Crippen molar-refractivity contribution >= 4 is 11.9 Å². The average Bonchev–Trinajstić information content (AvgIpc) is 2.44. The number of rotatable bonds is 8. The van der Waals surface area contributed by atoms with Gasteiger partial charge in [-0.15, -0.1) is 0 Å². The van der Waals surface area contributed by atoms with E-state index in [0.29, 0.717) is 24.3 Å². The van der Waals surface area contributed by atoms with Crippen molar-refractivity contribution in [2.45, 2.75) is 33.1 Å². The number of carboxylic acid groups (broad SMARTS) is 1. The van der Waals surface area contributed by atoms with E-state index >= 15 is 0 Å². The topological polar surface area (TPSA) is 75.6 Å². The van der Waals surface area contributed by atoms with Gasteiger partial charge in [-0.3, -0.25) is 9.59 Å². The molecule has 0 saturated heterocycles. The fourth-order valence-corrected chi connectivity index (χ4v) is 2.04. The highest BCUT2D eigenvalue weighted by Gasteiger charge is 2.12. The van der Waals surface area contributed by atoms with Gasteiger partial charge in [-0.2, -0.15) is 0 Å². The third-order valence-electron chi connectivity index (χ3n) is 3.37. The smallest absolute Gasteiger partial charge is 0.303 e. The summed E-state index contributed by atoms with van der Waals surface area (Å²) >= 11 is 0. The molecule has 1 aromatic rings. The molecule has 2 N–H and O–H groups in total. The number of hydrogen-bond donors (Lipinski definition) is 2. The van der Waals surface area contributed by atoms with Crippen LogP contribution in [0.3, 0.4) is 0 Å². The lowest BCUT2D eigenvalue weighted by Crippen LogP contribution is -2.26. The molecule has 1 atom stereocenters. The third-order valence-corrected chi connectivity index (χ3v) is 3.37. The SMILES string of the molecule is COc1ccc(C)cc1C(=O)NCCC(C)CCC(=O)O. The van der Waals surface area contributed by atoms with Crippen LogP contribution in [-0.4, -0.2) is 30.6 Å². The highest BCUT2D eigenvalue weighted by atomic mass is 16.5. The Morgan fingerprint density at radius 2 is 2.05 bits per heavy atom. The third kappa shape index (κ3) is 5.85. The van der Waals surface area contributed by atoms with Gasteiger partial charge in [-0.1, -0.05) is 18.6 Å². The molecule has 0 aliphatic heterocycles. The normalized spacial score (nSPS) is 11.8. The highest BCUT2D eigenvalue weighted by Crippen LogP contribution is 2.19. The maximum absolute atomic E-state index is 12.1. The van der Waals surface area contributed by atoms with Crippen molar-refractivity contribution in [2.24, 2.45) is 5.92 Å². The molecule has 21 heavy (non-hydrogen) atoms. The summed E-state index contributed by atoms with van der Waals surface area (Å²) in [6.45, 7) is 4.43. The van der Waals surface area contributed by atoms with Crippen molar-refractivity contribution in [2.75, 3.05) is 13.7 Å². The van der Waals surface area contributed by atoms with E-state index < -0.39 is 5.97 Å². The number of nitrogens with one attached hydrogen (secondary N) is 1. The standard InChI is InChI=1S/C16H23NO4/c1-11(5-7-15(18)19)8-9-17-16(20)13-10-12(2)4-6-14(13)21-3/h4,6,10-11H,5,7-9H2,1-3H3,(H,17,20)(H,18,19). The zero-order valence-corrected chi connectivity index (χ0v) is 12.8. The number of benzene rings is 1. The highest BCUT2D eigenvalue weighted by molar-refractivity contribution is 5.97. The number of ether oxygens (including phenoxy) is 1. The average molecular weight is 293 g/mol. The van der Waals surface area contributed by atoms with E-state index in [-0.39, 0.29) is 18.2 Å². The fraction of sp³-hybridized carbons (Fsp3) is 0.500. The second-order valence-electron chi connectivity index (χ2n) is 5.29. The molecule has 1 rings (SSSR count). The van der Waals surface area contributed by atoms with Gasteiger partial charge in [-0.05, 0) is 37.8 Å². The lowest BCUT2D eigenvalue weighted by molar-refractivity contribution is -0.137. The van der Waals surface area contributed by atoms with Gasteiger partial charge in [0, 0.05) is 13.0 Å². The van der Waals surface area contributed by atoms with Crippen LogP contribution in [0.15, 0.2) is 18.2 Å². The molecule has 0 bridgehead atoms. The first-order valence-electron chi connectivity index (χ1n) is 7.08. The summed E-state index contributed by atoms with van der Waals surface area (Å²) < 4.78 is 5.19. The van der Waals surface area contributed by atoms with Crippen molar-refractivity contribution in [3.8, 4) is 5.75 Å². The molecule has 0 aliphatic carbocycles. The molecule has 0 spiro atoms. The molecule has 0 aromatic heterocycles. The number of carbonyl (C=O) groups excluding carboxylic acids is 1. The number of carbonyl (C=O) groups is 2. The molecule has 0 fully saturated rings. The molecule has 5 heteroatoms. The fourth-order valence-electron chi connectivity index (χ4n) is 2.04. The Labute approximate surface area is 125 Å². The molecule has 0 radical (unpaired) electrons. The quantitative estimate of drug-likeness (QED) is 0.772. The van der Waals surface area contributed by atoms with E-state index in [9.17, 15) is 9.59 Å². The van der Waals surface area contributed by atoms with Crippen molar-refractivity contribution in [3.63, 3.8) is 0 Å². The van der Waals surface area contributed by atoms with Crippen LogP contribution < -0.4 is 10.1 Å². The minimum Gasteiger partial charge on any atom is -0.496 e. The van der Waals surface area contributed by atoms with Gasteiger partial charge in [0.1, 0.15) is 5.75 Å². The van der Waals surface area contributed by atoms with Gasteiger partial charge in [0.2, 0.25) is 0 Å². The predicted molar refractivity (Wildman–Crippen MR) is 80.7 cm³/mol. The van der Waals surface area contributed by atoms with Gasteiger partial charge in [0.25, 0.3) is 5.91 Å². The molecule has 116 valence electrons. The number of carboxylic acids is 1. The molecule has 1 unspecified atom stereocenters. The number of amides is 1. The summed E-state index contributed by atoms with van der Waals surface area (Å²) in [6.07, 6.45) is 1.55. The van der Waals surface area contributed by atoms with Crippen LogP contribution in [0.4, 0.5) is 0 Å². The van der Waals surface area contributed by atoms with Gasteiger partial charge in [-0.25, -0.2) is 0 Å². The molecular weight excluding hydrogens is 270 g/mol. The minimum atomic E-state index is -0.782. The van der Waals surface area contributed by atoms with Crippen LogP contribution >= 0.6 is 0 Å². The van der Waals surface area contributed by atoms with E-state index in [1.54, 1.807) is 12.1 Å². The zero-order valence-electron chi connectivity index (χ0n) is 12.8. The Hall–Kier alpha value is -2.04. The maximum atomic E-state index is 12.1. The van der Waals surface area contributed by atoms with E-state index in [4.69, 9.17) is 9.84 Å². The van der Waals surface area contributed by atoms with Crippen LogP contribution in [0.2, 0.25) is 0 Å². The molecule has 1 aromatic carbocycles. The van der Waals surface area contributed by atoms with E-state index in [1.165, 1.54) is 7.11 Å². The molecule has 0 aliphatic rings. The van der Waals surface area contributed by atoms with Crippen LogP contribution in [0.5, 0.6) is 5.75 Å². The zero-order chi connectivity index (χ0) is 15.8. The van der Waals surface area contributed by atoms with Crippen molar-refractivity contribution < 1.29 is 19.4 Å². The second kappa shape index (κ2) is 8.29. The first-order chi connectivity index (χ1) is 9.93. The summed E-state index contributed by atoms with van der Waals surface area (Å²) in [5, 5.41) is 11.5. The van der Waals surface area contributed by atoms with Crippen molar-refractivity contribution in [1.82, 2.24) is 5.32 Å². The van der Waals surface area contributed by atoms with Crippen LogP contribution in [0.25, 0.3) is 0 Å². The first-order valence-corrected chi connectivity index (χ1v) is 7.08. The molecule has 0 heterocycles. The van der Waals surface area contributed by atoms with E-state index in [1.807, 2.05) is 19.9 Å². The van der Waals surface area contributed by atoms with Crippen molar-refractivity contribution in [1.29, 1.82) is 0 Å². The van der Waals surface area contributed by atoms with E-state index in [2.05, 4.69) is 5.32 Å². The number of hydrogen-bond acceptors (Lipinski definition) is 3. The van der Waals surface area contributed by atoms with Crippen LogP contribution in [0.1, 0.15) is 42.1 Å². The molecule has 0 saturated carbocycles. The summed E-state index contributed by atoms with van der Waals surface area (Å²) in [5.74, 6) is -0.130. The number of aryl methyl sites for hydroxylation is 1. The molecule has 5 nitrogen and oxygen atoms in total. The monoisotopic (exact) mass is 293 g/mol. The Morgan fingerprint density at radius 1 is 1.33 bits per heavy atom. The van der Waals surface area contributed by atoms with Gasteiger partial charge in [0.15, 0.2) is 0 Å². The van der Waals surface area contributed by atoms with Crippen LogP contribution in [-0.2, 0) is 4.79 Å². The summed E-state index contributed by atoms with van der Waals surface area (Å²) in [7, 11) is 1.54. The molecule has 1 amide bonds. The summed E-state index contributed by atoms with van der Waals surface area (Å²) in [4.78, 5) is 22.6. The van der Waals surface area contributed by atoms with Crippen molar-refractivity contribution in [3.05, 3.63) is 29.3 Å². The molecular formula is C16H23NO4. The Bertz CT molecular complexity index is 499. The summed E-state index contributed by atoms with van der Waals surface area (Å²) in [6, 6.07) is 5.46. The minimum absolute atomic E-state index is 0.166. The maximum Gasteiger partial charge on any atom is 0.303 e. The lowest BCUT2D eigenvalue weighted by Gasteiger charge is -2.12. The second-order valence-corrected chi connectivity index (χ2v) is 5.29. The Kier molecular flexibility index (Phi) is 6.72. The predicted octanol–water partition coefficient (Wildman–Crippen LogP) is 2.62. The number of methoxy groups -OCH3 is 1.